The zero-order chi connectivity index (χ0) is 20.1. The average Bonchev–Trinajstić information content (AvgIpc) is 2.90. The van der Waals surface area contributed by atoms with Crippen molar-refractivity contribution in [2.45, 2.75) is 19.5 Å². The second-order valence-corrected chi connectivity index (χ2v) is 6.71. The minimum Gasteiger partial charge on any atom is -0.354 e. The van der Waals surface area contributed by atoms with E-state index >= 15 is 0 Å². The van der Waals surface area contributed by atoms with E-state index in [4.69, 9.17) is 0 Å². The van der Waals surface area contributed by atoms with Gasteiger partial charge in [0.1, 0.15) is 0 Å². The van der Waals surface area contributed by atoms with Crippen LogP contribution >= 0.6 is 0 Å². The molecule has 4 rings (SSSR count). The minimum absolute atomic E-state index is 0.0378. The van der Waals surface area contributed by atoms with Crippen molar-refractivity contribution in [1.29, 1.82) is 0 Å². The Hall–Kier alpha value is -3.35. The maximum Gasteiger partial charge on any atom is 0.416 e. The van der Waals surface area contributed by atoms with Gasteiger partial charge in [-0.25, -0.2) is 0 Å². The fourth-order valence-corrected chi connectivity index (χ4v) is 3.39. The Morgan fingerprint density at radius 2 is 1.93 bits per heavy atom. The number of hydrogen-bond donors (Lipinski definition) is 2. The largest absolute Gasteiger partial charge is 0.416 e. The molecular formula is C21H15F3N2O2. The summed E-state index contributed by atoms with van der Waals surface area (Å²) in [6, 6.07) is 8.74. The highest BCUT2D eigenvalue weighted by atomic mass is 19.4. The molecule has 3 aromatic rings. The molecule has 1 aliphatic heterocycles. The standard InChI is InChI=1S/C21H15F3N2O2/c1-11(27)2-3-12-4-6-18-16(8-12)20-15(10-19(28)25-18)14-9-13(21(22,23)24)5-7-17(14)26-20/h2-9,26H,10H2,1H3,(H,25,28)/b3-2-. The second kappa shape index (κ2) is 6.37. The van der Waals surface area contributed by atoms with E-state index in [2.05, 4.69) is 10.3 Å². The molecule has 7 heteroatoms. The Bertz CT molecular complexity index is 1160. The zero-order valence-electron chi connectivity index (χ0n) is 14.8. The Labute approximate surface area is 158 Å². The number of carbonyl (C=O) groups excluding carboxylic acids is 2. The third-order valence-electron chi connectivity index (χ3n) is 4.67. The molecule has 0 aliphatic carbocycles. The van der Waals surface area contributed by atoms with Crippen LogP contribution in [0.5, 0.6) is 0 Å². The number of carbonyl (C=O) groups is 2. The topological polar surface area (TPSA) is 62.0 Å². The molecule has 0 spiro atoms. The van der Waals surface area contributed by atoms with Crippen LogP contribution in [0.1, 0.15) is 23.6 Å². The number of aromatic nitrogens is 1. The van der Waals surface area contributed by atoms with Gasteiger partial charge >= 0.3 is 6.18 Å². The van der Waals surface area contributed by atoms with E-state index in [1.807, 2.05) is 0 Å². The molecule has 2 N–H and O–H groups in total. The Morgan fingerprint density at radius 1 is 1.14 bits per heavy atom. The number of rotatable bonds is 2. The van der Waals surface area contributed by atoms with E-state index in [-0.39, 0.29) is 18.1 Å². The lowest BCUT2D eigenvalue weighted by Crippen LogP contribution is -2.12. The number of amides is 1. The zero-order valence-corrected chi connectivity index (χ0v) is 14.8. The molecule has 4 nitrogen and oxygen atoms in total. The summed E-state index contributed by atoms with van der Waals surface area (Å²) >= 11 is 0. The lowest BCUT2D eigenvalue weighted by atomic mass is 10.00. The van der Waals surface area contributed by atoms with Crippen LogP contribution in [0, 0.1) is 0 Å². The molecule has 0 radical (unpaired) electrons. The smallest absolute Gasteiger partial charge is 0.354 e. The van der Waals surface area contributed by atoms with Gasteiger partial charge in [0.15, 0.2) is 5.78 Å². The normalized spacial score (nSPS) is 13.9. The van der Waals surface area contributed by atoms with Gasteiger partial charge in [0.05, 0.1) is 23.4 Å². The number of benzene rings is 2. The number of anilines is 1. The summed E-state index contributed by atoms with van der Waals surface area (Å²) in [5, 5.41) is 3.16. The van der Waals surface area contributed by atoms with Crippen molar-refractivity contribution in [3.8, 4) is 11.3 Å². The number of aromatic amines is 1. The van der Waals surface area contributed by atoms with E-state index in [1.54, 1.807) is 24.3 Å². The van der Waals surface area contributed by atoms with E-state index in [0.717, 1.165) is 17.7 Å². The molecule has 1 aromatic heterocycles. The molecule has 0 saturated carbocycles. The predicted molar refractivity (Wildman–Crippen MR) is 101 cm³/mol. The molecule has 142 valence electrons. The molecular weight excluding hydrogens is 369 g/mol. The summed E-state index contributed by atoms with van der Waals surface area (Å²) in [5.74, 6) is -0.403. The van der Waals surface area contributed by atoms with E-state index in [0.29, 0.717) is 33.4 Å². The van der Waals surface area contributed by atoms with Crippen LogP contribution < -0.4 is 5.32 Å². The molecule has 0 saturated heterocycles. The molecule has 0 fully saturated rings. The number of nitrogens with one attached hydrogen (secondary N) is 2. The second-order valence-electron chi connectivity index (χ2n) is 6.71. The van der Waals surface area contributed by atoms with E-state index in [9.17, 15) is 22.8 Å². The lowest BCUT2D eigenvalue weighted by molar-refractivity contribution is -0.137. The van der Waals surface area contributed by atoms with Gasteiger partial charge in [-0.15, -0.1) is 0 Å². The highest BCUT2D eigenvalue weighted by molar-refractivity contribution is 6.05. The van der Waals surface area contributed by atoms with Crippen molar-refractivity contribution in [2.75, 3.05) is 5.32 Å². The Kier molecular flexibility index (Phi) is 4.10. The van der Waals surface area contributed by atoms with Crippen molar-refractivity contribution in [3.05, 3.63) is 59.2 Å². The van der Waals surface area contributed by atoms with Gasteiger partial charge in [0.2, 0.25) is 5.91 Å². The highest BCUT2D eigenvalue weighted by Crippen LogP contribution is 2.40. The maximum atomic E-state index is 13.1. The van der Waals surface area contributed by atoms with Crippen LogP contribution in [0.25, 0.3) is 28.2 Å². The first-order chi connectivity index (χ1) is 13.2. The molecule has 2 heterocycles. The minimum atomic E-state index is -4.46. The SMILES string of the molecule is CC(=O)/C=C\c1ccc2c(c1)-c1[nH]c3ccc(C(F)(F)F)cc3c1CC(=O)N2. The summed E-state index contributed by atoms with van der Waals surface area (Å²) in [6.45, 7) is 1.44. The summed E-state index contributed by atoms with van der Waals surface area (Å²) in [6.07, 6.45) is -1.42. The first-order valence-electron chi connectivity index (χ1n) is 8.57. The van der Waals surface area contributed by atoms with Crippen LogP contribution in [0.3, 0.4) is 0 Å². The first-order valence-corrected chi connectivity index (χ1v) is 8.57. The number of alkyl halides is 3. The van der Waals surface area contributed by atoms with Gasteiger partial charge in [-0.3, -0.25) is 9.59 Å². The van der Waals surface area contributed by atoms with Crippen LogP contribution in [0.15, 0.2) is 42.5 Å². The molecule has 1 amide bonds. The summed E-state index contributed by atoms with van der Waals surface area (Å²) in [5.41, 5.74) is 2.85. The third kappa shape index (κ3) is 3.19. The number of ketones is 1. The molecule has 0 unspecified atom stereocenters. The molecule has 0 atom stereocenters. The van der Waals surface area contributed by atoms with E-state index in [1.165, 1.54) is 19.1 Å². The van der Waals surface area contributed by atoms with Crippen LogP contribution in [-0.2, 0) is 22.2 Å². The van der Waals surface area contributed by atoms with Gasteiger partial charge in [-0.05, 0) is 54.5 Å². The Balaban J connectivity index is 1.94. The van der Waals surface area contributed by atoms with Crippen LogP contribution in [0.2, 0.25) is 0 Å². The predicted octanol–water partition coefficient (Wildman–Crippen LogP) is 4.95. The van der Waals surface area contributed by atoms with Crippen molar-refractivity contribution >= 4 is 34.4 Å². The average molecular weight is 384 g/mol. The van der Waals surface area contributed by atoms with Crippen molar-refractivity contribution in [1.82, 2.24) is 4.98 Å². The summed E-state index contributed by atoms with van der Waals surface area (Å²) in [7, 11) is 0. The third-order valence-corrected chi connectivity index (χ3v) is 4.67. The van der Waals surface area contributed by atoms with Crippen LogP contribution in [0.4, 0.5) is 18.9 Å². The quantitative estimate of drug-likeness (QED) is 0.614. The van der Waals surface area contributed by atoms with Crippen molar-refractivity contribution < 1.29 is 22.8 Å². The molecule has 1 aliphatic rings. The summed E-state index contributed by atoms with van der Waals surface area (Å²) in [4.78, 5) is 26.7. The van der Waals surface area contributed by atoms with Gasteiger partial charge in [0.25, 0.3) is 0 Å². The highest BCUT2D eigenvalue weighted by Gasteiger charge is 2.32. The number of allylic oxidation sites excluding steroid dienone is 1. The first kappa shape index (κ1) is 18.0. The maximum absolute atomic E-state index is 13.1. The number of fused-ring (bicyclic) bond motifs is 5. The van der Waals surface area contributed by atoms with Gasteiger partial charge < -0.3 is 10.3 Å². The lowest BCUT2D eigenvalue weighted by Gasteiger charge is -2.08. The number of hydrogen-bond acceptors (Lipinski definition) is 2. The number of halogens is 3. The van der Waals surface area contributed by atoms with Gasteiger partial charge in [-0.2, -0.15) is 13.2 Å². The fraction of sp³-hybridized carbons (Fsp3) is 0.143. The number of H-pyrrole nitrogens is 1. The van der Waals surface area contributed by atoms with Gasteiger partial charge in [0, 0.05) is 16.5 Å². The molecule has 2 aromatic carbocycles. The fourth-order valence-electron chi connectivity index (χ4n) is 3.39. The molecule has 28 heavy (non-hydrogen) atoms. The monoisotopic (exact) mass is 384 g/mol. The summed E-state index contributed by atoms with van der Waals surface area (Å²) < 4.78 is 39.4. The van der Waals surface area contributed by atoms with E-state index < -0.39 is 11.7 Å². The van der Waals surface area contributed by atoms with Crippen molar-refractivity contribution in [3.63, 3.8) is 0 Å². The van der Waals surface area contributed by atoms with Crippen LogP contribution in [-0.4, -0.2) is 16.7 Å². The Morgan fingerprint density at radius 3 is 2.64 bits per heavy atom. The van der Waals surface area contributed by atoms with Crippen molar-refractivity contribution in [2.24, 2.45) is 0 Å². The van der Waals surface area contributed by atoms with Gasteiger partial charge in [-0.1, -0.05) is 12.1 Å². The molecule has 0 bridgehead atoms.